The van der Waals surface area contributed by atoms with Gasteiger partial charge < -0.3 is 0 Å². The van der Waals surface area contributed by atoms with Gasteiger partial charge in [0.05, 0.1) is 23.1 Å². The Morgan fingerprint density at radius 1 is 1.41 bits per heavy atom. The minimum atomic E-state index is -4.91. The molecule has 8 heteroatoms. The molecule has 1 heterocycles. The fraction of sp³-hybridized carbons (Fsp3) is 0.333. The second-order valence-corrected chi connectivity index (χ2v) is 3.37. The molecule has 0 aliphatic heterocycles. The van der Waals surface area contributed by atoms with Crippen LogP contribution in [0.5, 0.6) is 0 Å². The van der Waals surface area contributed by atoms with Gasteiger partial charge in [0.2, 0.25) is 0 Å². The van der Waals surface area contributed by atoms with E-state index in [0.717, 1.165) is 0 Å². The number of aromatic nitrogens is 1. The number of nitrogens with zero attached hydrogens (tertiary/aromatic N) is 2. The van der Waals surface area contributed by atoms with Crippen molar-refractivity contribution in [1.29, 1.82) is 5.26 Å². The quantitative estimate of drug-likeness (QED) is 0.767. The number of halogens is 6. The van der Waals surface area contributed by atoms with Crippen LogP contribution < -0.4 is 0 Å². The molecule has 0 N–H and O–H groups in total. The fourth-order valence-electron chi connectivity index (χ4n) is 1.22. The highest BCUT2D eigenvalue weighted by Crippen LogP contribution is 2.40. The van der Waals surface area contributed by atoms with Gasteiger partial charge in [-0.15, -0.1) is 0 Å². The molecule has 0 saturated carbocycles. The highest BCUT2D eigenvalue weighted by molar-refractivity contribution is 6.32. The molecule has 0 radical (unpaired) electrons. The summed E-state index contributed by atoms with van der Waals surface area (Å²) in [6.45, 7) is 0. The molecule has 0 aliphatic rings. The lowest BCUT2D eigenvalue weighted by Crippen LogP contribution is -2.13. The van der Waals surface area contributed by atoms with Crippen molar-refractivity contribution in [2.75, 3.05) is 0 Å². The largest absolute Gasteiger partial charge is 0.418 e. The summed E-state index contributed by atoms with van der Waals surface area (Å²) in [5.74, 6) is 0. The van der Waals surface area contributed by atoms with Crippen molar-refractivity contribution < 1.29 is 22.0 Å². The number of rotatable bonds is 2. The second kappa shape index (κ2) is 4.84. The lowest BCUT2D eigenvalue weighted by atomic mass is 10.1. The zero-order chi connectivity index (χ0) is 13.2. The first-order valence-corrected chi connectivity index (χ1v) is 4.56. The van der Waals surface area contributed by atoms with Crippen LogP contribution in [0.25, 0.3) is 0 Å². The molecular formula is C9H4ClF5N2. The smallest absolute Gasteiger partial charge is 0.253 e. The molecule has 0 aromatic carbocycles. The van der Waals surface area contributed by atoms with Crippen LogP contribution in [0.3, 0.4) is 0 Å². The number of nitriles is 1. The summed E-state index contributed by atoms with van der Waals surface area (Å²) in [4.78, 5) is 3.14. The average Bonchev–Trinajstić information content (AvgIpc) is 2.15. The molecule has 0 atom stereocenters. The Labute approximate surface area is 97.6 Å². The first-order valence-electron chi connectivity index (χ1n) is 4.18. The third-order valence-corrected chi connectivity index (χ3v) is 2.27. The number of hydrogen-bond acceptors (Lipinski definition) is 2. The molecule has 0 aliphatic carbocycles. The topological polar surface area (TPSA) is 36.7 Å². The third kappa shape index (κ3) is 2.82. The monoisotopic (exact) mass is 270 g/mol. The number of alkyl halides is 5. The normalized spacial score (nSPS) is 11.6. The molecule has 1 aromatic rings. The first kappa shape index (κ1) is 13.6. The van der Waals surface area contributed by atoms with Crippen LogP contribution >= 0.6 is 11.6 Å². The van der Waals surface area contributed by atoms with E-state index in [9.17, 15) is 22.0 Å². The summed E-state index contributed by atoms with van der Waals surface area (Å²) in [6, 6.07) is 1.49. The minimum absolute atomic E-state index is 0.519. The maximum absolute atomic E-state index is 12.6. The van der Waals surface area contributed by atoms with Crippen molar-refractivity contribution in [3.8, 4) is 6.07 Å². The molecule has 0 saturated heterocycles. The lowest BCUT2D eigenvalue weighted by molar-refractivity contribution is -0.138. The zero-order valence-electron chi connectivity index (χ0n) is 8.02. The van der Waals surface area contributed by atoms with Gasteiger partial charge in [-0.1, -0.05) is 11.6 Å². The predicted molar refractivity (Wildman–Crippen MR) is 48.5 cm³/mol. The Hall–Kier alpha value is -1.42. The van der Waals surface area contributed by atoms with Gasteiger partial charge in [0.1, 0.15) is 5.69 Å². The molecule has 0 fully saturated rings. The van der Waals surface area contributed by atoms with Crippen molar-refractivity contribution in [2.45, 2.75) is 19.0 Å². The molecule has 17 heavy (non-hydrogen) atoms. The van der Waals surface area contributed by atoms with Crippen molar-refractivity contribution >= 4 is 11.6 Å². The molecule has 0 spiro atoms. The summed E-state index contributed by atoms with van der Waals surface area (Å²) in [6.07, 6.45) is -8.12. The van der Waals surface area contributed by atoms with Crippen molar-refractivity contribution in [3.05, 3.63) is 28.0 Å². The van der Waals surface area contributed by atoms with Crippen molar-refractivity contribution in [3.63, 3.8) is 0 Å². The van der Waals surface area contributed by atoms with Crippen molar-refractivity contribution in [1.82, 2.24) is 4.98 Å². The van der Waals surface area contributed by atoms with Gasteiger partial charge in [-0.2, -0.15) is 18.4 Å². The highest BCUT2D eigenvalue weighted by Gasteiger charge is 2.38. The van der Waals surface area contributed by atoms with Gasteiger partial charge in [-0.3, -0.25) is 4.98 Å². The van der Waals surface area contributed by atoms with Gasteiger partial charge >= 0.3 is 6.18 Å². The maximum atomic E-state index is 12.6. The van der Waals surface area contributed by atoms with Crippen LogP contribution in [0.15, 0.2) is 6.20 Å². The van der Waals surface area contributed by atoms with Crippen LogP contribution in [0, 0.1) is 11.3 Å². The average molecular weight is 271 g/mol. The Bertz CT molecular complexity index is 464. The molecule has 2 nitrogen and oxygen atoms in total. The Morgan fingerprint density at radius 2 is 2.00 bits per heavy atom. The Kier molecular flexibility index (Phi) is 3.88. The van der Waals surface area contributed by atoms with Gasteiger partial charge in [0, 0.05) is 6.20 Å². The maximum Gasteiger partial charge on any atom is 0.418 e. The number of pyridine rings is 1. The van der Waals surface area contributed by atoms with E-state index in [4.69, 9.17) is 16.9 Å². The molecule has 1 aromatic heterocycles. The van der Waals surface area contributed by atoms with Gasteiger partial charge in [-0.25, -0.2) is 8.78 Å². The predicted octanol–water partition coefficient (Wildman–Crippen LogP) is 3.76. The van der Waals surface area contributed by atoms with Crippen LogP contribution in [-0.4, -0.2) is 4.98 Å². The fourth-order valence-corrected chi connectivity index (χ4v) is 1.58. The molecule has 0 amide bonds. The van der Waals surface area contributed by atoms with Gasteiger partial charge in [-0.05, 0) is 5.56 Å². The van der Waals surface area contributed by atoms with Crippen molar-refractivity contribution in [2.24, 2.45) is 0 Å². The minimum Gasteiger partial charge on any atom is -0.253 e. The summed E-state index contributed by atoms with van der Waals surface area (Å²) >= 11 is 5.26. The third-order valence-electron chi connectivity index (χ3n) is 1.88. The highest BCUT2D eigenvalue weighted by atomic mass is 35.5. The van der Waals surface area contributed by atoms with E-state index in [2.05, 4.69) is 4.98 Å². The van der Waals surface area contributed by atoms with E-state index < -0.39 is 40.9 Å². The van der Waals surface area contributed by atoms with E-state index in [0.29, 0.717) is 6.20 Å². The van der Waals surface area contributed by atoms with E-state index >= 15 is 0 Å². The first-order chi connectivity index (χ1) is 7.79. The van der Waals surface area contributed by atoms with E-state index in [1.54, 1.807) is 0 Å². The van der Waals surface area contributed by atoms with Gasteiger partial charge in [0.15, 0.2) is 0 Å². The molecule has 1 rings (SSSR count). The van der Waals surface area contributed by atoms with E-state index in [1.165, 1.54) is 6.07 Å². The summed E-state index contributed by atoms with van der Waals surface area (Å²) in [7, 11) is 0. The van der Waals surface area contributed by atoms with Crippen LogP contribution in [0.2, 0.25) is 5.02 Å². The zero-order valence-corrected chi connectivity index (χ0v) is 8.78. The van der Waals surface area contributed by atoms with E-state index in [1.807, 2.05) is 0 Å². The van der Waals surface area contributed by atoms with Crippen LogP contribution in [0.1, 0.15) is 23.2 Å². The Balaban J connectivity index is 3.49. The molecule has 0 bridgehead atoms. The Morgan fingerprint density at radius 3 is 2.41 bits per heavy atom. The van der Waals surface area contributed by atoms with E-state index in [-0.39, 0.29) is 0 Å². The SMILES string of the molecule is N#CCc1cnc(C(F)F)c(Cl)c1C(F)(F)F. The second-order valence-electron chi connectivity index (χ2n) is 2.99. The van der Waals surface area contributed by atoms with Crippen LogP contribution in [0.4, 0.5) is 22.0 Å². The van der Waals surface area contributed by atoms with Gasteiger partial charge in [0.25, 0.3) is 6.43 Å². The molecule has 92 valence electrons. The lowest BCUT2D eigenvalue weighted by Gasteiger charge is -2.14. The number of hydrogen-bond donors (Lipinski definition) is 0. The molecule has 0 unspecified atom stereocenters. The van der Waals surface area contributed by atoms with Crippen LogP contribution in [-0.2, 0) is 12.6 Å². The summed E-state index contributed by atoms with van der Waals surface area (Å²) in [5, 5.41) is 7.19. The summed E-state index contributed by atoms with van der Waals surface area (Å²) < 4.78 is 62.5. The standard InChI is InChI=1S/C9H4ClF5N2/c10-6-5(9(13,14)15)4(1-2-16)3-17-7(6)8(11)12/h3,8H,1H2. The summed E-state index contributed by atoms with van der Waals surface area (Å²) in [5.41, 5.74) is -3.08. The molecular weight excluding hydrogens is 267 g/mol.